The van der Waals surface area contributed by atoms with Gasteiger partial charge in [-0.05, 0) is 62.4 Å². The molecule has 0 aliphatic heterocycles. The summed E-state index contributed by atoms with van der Waals surface area (Å²) in [5.74, 6) is -0.439. The summed E-state index contributed by atoms with van der Waals surface area (Å²) in [7, 11) is -4.15. The van der Waals surface area contributed by atoms with Gasteiger partial charge in [0.15, 0.2) is 17.2 Å². The van der Waals surface area contributed by atoms with Crippen LogP contribution in [0.1, 0.15) is 67.8 Å². The van der Waals surface area contributed by atoms with Crippen LogP contribution in [0.4, 0.5) is 0 Å². The van der Waals surface area contributed by atoms with E-state index in [1.54, 1.807) is 25.1 Å². The van der Waals surface area contributed by atoms with Crippen molar-refractivity contribution in [1.82, 2.24) is 15.0 Å². The van der Waals surface area contributed by atoms with Crippen molar-refractivity contribution in [2.45, 2.75) is 62.5 Å². The van der Waals surface area contributed by atoms with E-state index in [4.69, 9.17) is 20.4 Å². The molecule has 1 fully saturated rings. The Bertz CT molecular complexity index is 1270. The number of aromatic nitrogens is 1. The Kier molecular flexibility index (Phi) is 6.76. The third kappa shape index (κ3) is 5.39. The monoisotopic (exact) mass is 493 g/mol. The molecule has 33 heavy (non-hydrogen) atoms. The van der Waals surface area contributed by atoms with E-state index in [2.05, 4.69) is 10.3 Å². The van der Waals surface area contributed by atoms with Gasteiger partial charge in [0.25, 0.3) is 15.9 Å². The molecule has 11 heteroatoms. The van der Waals surface area contributed by atoms with E-state index >= 15 is 0 Å². The van der Waals surface area contributed by atoms with Gasteiger partial charge in [0.1, 0.15) is 5.52 Å². The van der Waals surface area contributed by atoms with Crippen LogP contribution in [0, 0.1) is 0 Å². The number of benzene rings is 1. The smallest absolute Gasteiger partial charge is 0.297 e. The van der Waals surface area contributed by atoms with Crippen molar-refractivity contribution in [3.8, 4) is 0 Å². The summed E-state index contributed by atoms with van der Waals surface area (Å²) < 4.78 is 37.4. The Labute approximate surface area is 195 Å². The zero-order valence-electron chi connectivity index (χ0n) is 18.0. The van der Waals surface area contributed by atoms with E-state index in [-0.39, 0.29) is 24.1 Å². The van der Waals surface area contributed by atoms with E-state index < -0.39 is 26.9 Å². The maximum absolute atomic E-state index is 12.5. The fraction of sp³-hybridized carbons (Fsp3) is 0.409. The predicted molar refractivity (Wildman–Crippen MR) is 120 cm³/mol. The minimum absolute atomic E-state index is 0.0766. The second-order valence-electron chi connectivity index (χ2n) is 8.08. The molecule has 2 amide bonds. The molecule has 0 bridgehead atoms. The van der Waals surface area contributed by atoms with Crippen LogP contribution in [0.2, 0.25) is 5.02 Å². The van der Waals surface area contributed by atoms with Crippen LogP contribution in [0.3, 0.4) is 0 Å². The lowest BCUT2D eigenvalue weighted by molar-refractivity contribution is -0.119. The lowest BCUT2D eigenvalue weighted by Gasteiger charge is -2.27. The van der Waals surface area contributed by atoms with Crippen molar-refractivity contribution in [1.29, 1.82) is 0 Å². The van der Waals surface area contributed by atoms with Gasteiger partial charge in [0.2, 0.25) is 11.0 Å². The molecule has 3 aromatic rings. The number of oxazole rings is 1. The van der Waals surface area contributed by atoms with Gasteiger partial charge in [-0.2, -0.15) is 8.42 Å². The van der Waals surface area contributed by atoms with Gasteiger partial charge in [-0.25, -0.2) is 9.71 Å². The maximum Gasteiger partial charge on any atom is 0.297 e. The van der Waals surface area contributed by atoms with Crippen LogP contribution >= 0.6 is 11.6 Å². The van der Waals surface area contributed by atoms with Gasteiger partial charge in [-0.15, -0.1) is 0 Å². The maximum atomic E-state index is 12.5. The number of amides is 2. The molecule has 2 heterocycles. The average molecular weight is 494 g/mol. The van der Waals surface area contributed by atoms with Crippen molar-refractivity contribution in [2.24, 2.45) is 0 Å². The van der Waals surface area contributed by atoms with Gasteiger partial charge < -0.3 is 14.2 Å². The van der Waals surface area contributed by atoms with Gasteiger partial charge in [0.05, 0.1) is 0 Å². The summed E-state index contributed by atoms with van der Waals surface area (Å²) in [4.78, 5) is 28.7. The highest BCUT2D eigenvalue weighted by molar-refractivity contribution is 7.89. The summed E-state index contributed by atoms with van der Waals surface area (Å²) in [6, 6.07) is 7.68. The molecule has 0 atom stereocenters. The topological polar surface area (TPSA) is 132 Å². The second kappa shape index (κ2) is 9.56. The lowest BCUT2D eigenvalue weighted by atomic mass is 9.86. The molecule has 2 aromatic heterocycles. The van der Waals surface area contributed by atoms with Crippen molar-refractivity contribution >= 4 is 44.5 Å². The molecular formula is C22H24ClN3O6S. The quantitative estimate of drug-likeness (QED) is 0.505. The Morgan fingerprint density at radius 2 is 1.88 bits per heavy atom. The SMILES string of the molecule is CCCC(=O)NS(=O)(=O)c1ccc(C(=O)NC2CCC(c3nc4cc(Cl)ccc4o3)CC2)o1. The molecule has 176 valence electrons. The molecule has 0 spiro atoms. The van der Waals surface area contributed by atoms with Crippen molar-refractivity contribution in [2.75, 3.05) is 0 Å². The van der Waals surface area contributed by atoms with Gasteiger partial charge in [-0.1, -0.05) is 18.5 Å². The molecule has 1 saturated carbocycles. The number of hydrogen-bond acceptors (Lipinski definition) is 7. The fourth-order valence-corrected chi connectivity index (χ4v) is 5.01. The number of furan rings is 1. The first-order chi connectivity index (χ1) is 15.7. The number of carbonyl (C=O) groups is 2. The molecule has 2 N–H and O–H groups in total. The summed E-state index contributed by atoms with van der Waals surface area (Å²) in [6.07, 6.45) is 3.59. The van der Waals surface area contributed by atoms with E-state index in [1.807, 2.05) is 4.72 Å². The van der Waals surface area contributed by atoms with E-state index in [1.165, 1.54) is 6.07 Å². The molecule has 0 radical (unpaired) electrons. The second-order valence-corrected chi connectivity index (χ2v) is 10.1. The highest BCUT2D eigenvalue weighted by atomic mass is 35.5. The number of sulfonamides is 1. The van der Waals surface area contributed by atoms with Crippen molar-refractivity contribution < 1.29 is 26.8 Å². The van der Waals surface area contributed by atoms with Gasteiger partial charge in [-0.3, -0.25) is 9.59 Å². The summed E-state index contributed by atoms with van der Waals surface area (Å²) in [5, 5.41) is 3.01. The number of rotatable bonds is 7. The van der Waals surface area contributed by atoms with Crippen LogP contribution in [-0.4, -0.2) is 31.3 Å². The number of halogens is 1. The van der Waals surface area contributed by atoms with Gasteiger partial charge in [0, 0.05) is 23.4 Å². The predicted octanol–water partition coefficient (Wildman–Crippen LogP) is 4.14. The van der Waals surface area contributed by atoms with Gasteiger partial charge >= 0.3 is 0 Å². The zero-order valence-corrected chi connectivity index (χ0v) is 19.5. The summed E-state index contributed by atoms with van der Waals surface area (Å²) >= 11 is 6.01. The first kappa shape index (κ1) is 23.3. The van der Waals surface area contributed by atoms with E-state index in [0.29, 0.717) is 22.9 Å². The molecule has 0 unspecified atom stereocenters. The van der Waals surface area contributed by atoms with Crippen LogP contribution in [0.15, 0.2) is 44.3 Å². The molecular weight excluding hydrogens is 470 g/mol. The Hall–Kier alpha value is -2.85. The highest BCUT2D eigenvalue weighted by Crippen LogP contribution is 2.34. The number of nitrogens with zero attached hydrogens (tertiary/aromatic N) is 1. The molecule has 0 saturated heterocycles. The van der Waals surface area contributed by atoms with Crippen LogP contribution in [0.25, 0.3) is 11.1 Å². The highest BCUT2D eigenvalue weighted by Gasteiger charge is 2.28. The molecule has 9 nitrogen and oxygen atoms in total. The number of carbonyl (C=O) groups excluding carboxylic acids is 2. The fourth-order valence-electron chi connectivity index (χ4n) is 3.90. The number of hydrogen-bond donors (Lipinski definition) is 2. The van der Waals surface area contributed by atoms with Crippen LogP contribution in [0.5, 0.6) is 0 Å². The van der Waals surface area contributed by atoms with Crippen molar-refractivity contribution in [3.05, 3.63) is 47.0 Å². The molecule has 1 aliphatic carbocycles. The number of nitrogens with one attached hydrogen (secondary N) is 2. The lowest BCUT2D eigenvalue weighted by Crippen LogP contribution is -2.37. The normalized spacial score (nSPS) is 18.8. The zero-order chi connectivity index (χ0) is 23.6. The van der Waals surface area contributed by atoms with Crippen molar-refractivity contribution in [3.63, 3.8) is 0 Å². The first-order valence-corrected chi connectivity index (χ1v) is 12.6. The summed E-state index contributed by atoms with van der Waals surface area (Å²) in [6.45, 7) is 1.76. The van der Waals surface area contributed by atoms with E-state index in [9.17, 15) is 18.0 Å². The minimum atomic E-state index is -4.15. The average Bonchev–Trinajstić information content (AvgIpc) is 3.42. The minimum Gasteiger partial charge on any atom is -0.440 e. The number of fused-ring (bicyclic) bond motifs is 1. The van der Waals surface area contributed by atoms with Crippen LogP contribution in [-0.2, 0) is 14.8 Å². The van der Waals surface area contributed by atoms with Crippen LogP contribution < -0.4 is 10.0 Å². The molecule has 4 rings (SSSR count). The molecule has 1 aliphatic rings. The summed E-state index contributed by atoms with van der Waals surface area (Å²) in [5.41, 5.74) is 1.42. The largest absolute Gasteiger partial charge is 0.440 e. The first-order valence-electron chi connectivity index (χ1n) is 10.8. The molecule has 1 aromatic carbocycles. The third-order valence-electron chi connectivity index (χ3n) is 5.57. The van der Waals surface area contributed by atoms with E-state index in [0.717, 1.165) is 37.3 Å². The third-order valence-corrected chi connectivity index (χ3v) is 7.05. The standard InChI is InChI=1S/C22H24ClN3O6S/c1-2-3-19(27)26-33(29,30)20-11-10-18(31-20)21(28)24-15-7-4-13(5-8-15)22-25-16-12-14(23)6-9-17(16)32-22/h6,9-13,15H,2-5,7-8H2,1H3,(H,24,28)(H,26,27). The Balaban J connectivity index is 1.33. The Morgan fingerprint density at radius 1 is 1.12 bits per heavy atom. The Morgan fingerprint density at radius 3 is 2.61 bits per heavy atom.